The fourth-order valence-electron chi connectivity index (χ4n) is 1.33. The van der Waals surface area contributed by atoms with Crippen molar-refractivity contribution in [1.29, 1.82) is 0 Å². The number of hydrogen-bond acceptors (Lipinski definition) is 2. The summed E-state index contributed by atoms with van der Waals surface area (Å²) in [4.78, 5) is 0. The highest BCUT2D eigenvalue weighted by Gasteiger charge is 2.30. The average molecular weight is 188 g/mol. The fourth-order valence-corrected chi connectivity index (χ4v) is 1.33. The van der Waals surface area contributed by atoms with Crippen LogP contribution >= 0.6 is 0 Å². The normalized spacial score (nSPS) is 15.9. The van der Waals surface area contributed by atoms with Crippen molar-refractivity contribution in [2.45, 2.75) is 41.0 Å². The Kier molecular flexibility index (Phi) is 4.40. The highest BCUT2D eigenvalue weighted by atomic mass is 16.3. The van der Waals surface area contributed by atoms with Crippen molar-refractivity contribution in [2.24, 2.45) is 16.7 Å². The van der Waals surface area contributed by atoms with Gasteiger partial charge in [0.15, 0.2) is 0 Å². The Morgan fingerprint density at radius 2 is 1.46 bits per heavy atom. The maximum absolute atomic E-state index is 9.17. The molecule has 0 aliphatic carbocycles. The molecule has 0 spiro atoms. The third-order valence-corrected chi connectivity index (χ3v) is 3.03. The van der Waals surface area contributed by atoms with Crippen LogP contribution in [0, 0.1) is 16.7 Å². The Bertz CT molecular complexity index is 150. The Labute approximate surface area is 82.0 Å². The second-order valence-electron chi connectivity index (χ2n) is 5.57. The van der Waals surface area contributed by atoms with Gasteiger partial charge in [0.25, 0.3) is 0 Å². The van der Waals surface area contributed by atoms with Crippen molar-refractivity contribution >= 4 is 0 Å². The summed E-state index contributed by atoms with van der Waals surface area (Å²) in [6, 6.07) is 0. The predicted molar refractivity (Wildman–Crippen MR) is 55.5 cm³/mol. The van der Waals surface area contributed by atoms with Gasteiger partial charge in [-0.15, -0.1) is 0 Å². The van der Waals surface area contributed by atoms with Crippen molar-refractivity contribution in [2.75, 3.05) is 13.2 Å². The number of rotatable bonds is 5. The minimum Gasteiger partial charge on any atom is -0.396 e. The van der Waals surface area contributed by atoms with Gasteiger partial charge in [0.1, 0.15) is 0 Å². The lowest BCUT2D eigenvalue weighted by Gasteiger charge is -2.35. The van der Waals surface area contributed by atoms with Crippen LogP contribution in [0.2, 0.25) is 0 Å². The lowest BCUT2D eigenvalue weighted by Crippen LogP contribution is -2.31. The molecule has 2 N–H and O–H groups in total. The van der Waals surface area contributed by atoms with Crippen molar-refractivity contribution < 1.29 is 10.2 Å². The third-order valence-electron chi connectivity index (χ3n) is 3.03. The van der Waals surface area contributed by atoms with Gasteiger partial charge in [0, 0.05) is 13.2 Å². The van der Waals surface area contributed by atoms with Crippen molar-refractivity contribution in [3.05, 3.63) is 0 Å². The van der Waals surface area contributed by atoms with Crippen LogP contribution in [0.3, 0.4) is 0 Å². The first-order chi connectivity index (χ1) is 5.75. The fraction of sp³-hybridized carbons (Fsp3) is 1.00. The molecule has 0 heterocycles. The van der Waals surface area contributed by atoms with Crippen LogP contribution in [0.25, 0.3) is 0 Å². The van der Waals surface area contributed by atoms with Crippen molar-refractivity contribution in [1.82, 2.24) is 0 Å². The van der Waals surface area contributed by atoms with Gasteiger partial charge in [-0.2, -0.15) is 0 Å². The lowest BCUT2D eigenvalue weighted by atomic mass is 9.72. The molecule has 1 unspecified atom stereocenters. The first-order valence-corrected chi connectivity index (χ1v) is 4.97. The SMILES string of the molecule is CC(CC(C)(C)CO)C(C)(C)CO. The molecule has 2 nitrogen and oxygen atoms in total. The van der Waals surface area contributed by atoms with Gasteiger partial charge >= 0.3 is 0 Å². The summed E-state index contributed by atoms with van der Waals surface area (Å²) in [6.45, 7) is 10.8. The van der Waals surface area contributed by atoms with Crippen molar-refractivity contribution in [3.63, 3.8) is 0 Å². The van der Waals surface area contributed by atoms with E-state index in [-0.39, 0.29) is 24.0 Å². The molecule has 0 saturated carbocycles. The molecule has 0 fully saturated rings. The van der Waals surface area contributed by atoms with E-state index in [4.69, 9.17) is 5.11 Å². The molecular formula is C11H24O2. The van der Waals surface area contributed by atoms with Gasteiger partial charge in [0.05, 0.1) is 0 Å². The summed E-state index contributed by atoms with van der Waals surface area (Å²) in [6.07, 6.45) is 0.942. The van der Waals surface area contributed by atoms with Crippen molar-refractivity contribution in [3.8, 4) is 0 Å². The second-order valence-corrected chi connectivity index (χ2v) is 5.57. The molecule has 0 aromatic rings. The van der Waals surface area contributed by atoms with E-state index in [9.17, 15) is 5.11 Å². The van der Waals surface area contributed by atoms with Gasteiger partial charge < -0.3 is 10.2 Å². The highest BCUT2D eigenvalue weighted by molar-refractivity contribution is 4.80. The minimum absolute atomic E-state index is 0.0359. The van der Waals surface area contributed by atoms with E-state index in [0.29, 0.717) is 5.92 Å². The quantitative estimate of drug-likeness (QED) is 0.693. The topological polar surface area (TPSA) is 40.5 Å². The highest BCUT2D eigenvalue weighted by Crippen LogP contribution is 2.35. The second kappa shape index (κ2) is 4.43. The lowest BCUT2D eigenvalue weighted by molar-refractivity contribution is 0.0556. The molecule has 0 amide bonds. The Hall–Kier alpha value is -0.0800. The summed E-state index contributed by atoms with van der Waals surface area (Å²) in [5.41, 5.74) is -0.0850. The van der Waals surface area contributed by atoms with Crippen LogP contribution < -0.4 is 0 Å². The Balaban J connectivity index is 4.22. The molecule has 0 aliphatic heterocycles. The van der Waals surface area contributed by atoms with E-state index in [1.165, 1.54) is 0 Å². The molecule has 80 valence electrons. The van der Waals surface area contributed by atoms with Gasteiger partial charge in [0.2, 0.25) is 0 Å². The molecule has 1 atom stereocenters. The summed E-state index contributed by atoms with van der Waals surface area (Å²) in [7, 11) is 0. The summed E-state index contributed by atoms with van der Waals surface area (Å²) in [5.74, 6) is 0.416. The van der Waals surface area contributed by atoms with Crippen LogP contribution in [0.15, 0.2) is 0 Å². The monoisotopic (exact) mass is 188 g/mol. The first kappa shape index (κ1) is 12.9. The molecule has 2 heteroatoms. The van der Waals surface area contributed by atoms with Crippen LogP contribution in [-0.4, -0.2) is 23.4 Å². The zero-order valence-corrected chi connectivity index (χ0v) is 9.59. The van der Waals surface area contributed by atoms with E-state index in [0.717, 1.165) is 6.42 Å². The smallest absolute Gasteiger partial charge is 0.0484 e. The Morgan fingerprint density at radius 3 is 1.77 bits per heavy atom. The largest absolute Gasteiger partial charge is 0.396 e. The molecule has 0 bridgehead atoms. The van der Waals surface area contributed by atoms with Crippen LogP contribution in [0.5, 0.6) is 0 Å². The molecule has 13 heavy (non-hydrogen) atoms. The average Bonchev–Trinajstić information content (AvgIpc) is 2.04. The number of aliphatic hydroxyl groups excluding tert-OH is 2. The molecule has 0 aromatic heterocycles. The van der Waals surface area contributed by atoms with E-state index in [2.05, 4.69) is 34.6 Å². The minimum atomic E-state index is -0.0492. The molecule has 0 aromatic carbocycles. The standard InChI is InChI=1S/C11H24O2/c1-9(11(4,5)8-13)6-10(2,3)7-12/h9,12-13H,6-8H2,1-5H3. The molecule has 0 rings (SSSR count). The maximum Gasteiger partial charge on any atom is 0.0484 e. The van der Waals surface area contributed by atoms with E-state index in [1.54, 1.807) is 0 Å². The molecular weight excluding hydrogens is 164 g/mol. The molecule has 0 radical (unpaired) electrons. The predicted octanol–water partition coefficient (Wildman–Crippen LogP) is 2.05. The van der Waals surface area contributed by atoms with E-state index < -0.39 is 0 Å². The van der Waals surface area contributed by atoms with Gasteiger partial charge in [-0.25, -0.2) is 0 Å². The number of hydrogen-bond donors (Lipinski definition) is 2. The summed E-state index contributed by atoms with van der Waals surface area (Å²) in [5, 5.41) is 18.3. The molecule has 0 aliphatic rings. The van der Waals surface area contributed by atoms with Crippen LogP contribution in [-0.2, 0) is 0 Å². The zero-order valence-electron chi connectivity index (χ0n) is 9.59. The first-order valence-electron chi connectivity index (χ1n) is 4.97. The van der Waals surface area contributed by atoms with Gasteiger partial charge in [-0.3, -0.25) is 0 Å². The number of aliphatic hydroxyl groups is 2. The van der Waals surface area contributed by atoms with E-state index >= 15 is 0 Å². The van der Waals surface area contributed by atoms with Gasteiger partial charge in [-0.05, 0) is 23.2 Å². The maximum atomic E-state index is 9.17. The Morgan fingerprint density at radius 1 is 1.00 bits per heavy atom. The summed E-state index contributed by atoms with van der Waals surface area (Å²) >= 11 is 0. The summed E-state index contributed by atoms with van der Waals surface area (Å²) < 4.78 is 0. The third kappa shape index (κ3) is 4.10. The van der Waals surface area contributed by atoms with E-state index in [1.807, 2.05) is 0 Å². The zero-order chi connectivity index (χ0) is 10.7. The molecule has 0 saturated heterocycles. The van der Waals surface area contributed by atoms with Crippen LogP contribution in [0.1, 0.15) is 41.0 Å². The van der Waals surface area contributed by atoms with Crippen LogP contribution in [0.4, 0.5) is 0 Å². The van der Waals surface area contributed by atoms with Gasteiger partial charge in [-0.1, -0.05) is 34.6 Å².